The van der Waals surface area contributed by atoms with Crippen LogP contribution in [-0.2, 0) is 0 Å². The summed E-state index contributed by atoms with van der Waals surface area (Å²) in [5, 5.41) is 13.7. The largest absolute Gasteiger partial charge is 0.188 e. The topological polar surface area (TPSA) is 43.1 Å². The Morgan fingerprint density at radius 2 is 2.07 bits per heavy atom. The summed E-state index contributed by atoms with van der Waals surface area (Å²) in [6, 6.07) is 10.0. The van der Waals surface area contributed by atoms with Gasteiger partial charge in [0.25, 0.3) is 0 Å². The molecule has 2 heterocycles. The van der Waals surface area contributed by atoms with E-state index >= 15 is 0 Å². The lowest BCUT2D eigenvalue weighted by Gasteiger charge is -1.99. The summed E-state index contributed by atoms with van der Waals surface area (Å²) < 4.78 is 2.53. The minimum absolute atomic E-state index is 0.773. The molecule has 0 bridgehead atoms. The number of tetrazole rings is 1. The zero-order valence-corrected chi connectivity index (χ0v) is 8.64. The van der Waals surface area contributed by atoms with E-state index in [0.29, 0.717) is 0 Å². The summed E-state index contributed by atoms with van der Waals surface area (Å²) in [4.78, 5) is 0. The fraction of sp³-hybridized carbons (Fsp3) is 0. The van der Waals surface area contributed by atoms with Crippen molar-refractivity contribution in [2.45, 2.75) is 0 Å². The predicted octanol–water partition coefficient (Wildman–Crippen LogP) is 2.04. The van der Waals surface area contributed by atoms with Crippen molar-refractivity contribution in [3.8, 4) is 0 Å². The van der Waals surface area contributed by atoms with Crippen LogP contribution in [0.2, 0.25) is 0 Å². The smallest absolute Gasteiger partial charge is 0.186 e. The molecule has 14 heavy (non-hydrogen) atoms. The number of hydrogen-bond acceptors (Lipinski definition) is 3. The SMILES string of the molecule is Brc1cc2ccccc2c2nnnn12. The first kappa shape index (κ1) is 7.87. The van der Waals surface area contributed by atoms with Gasteiger partial charge in [0.2, 0.25) is 0 Å². The van der Waals surface area contributed by atoms with E-state index in [9.17, 15) is 0 Å². The van der Waals surface area contributed by atoms with Crippen molar-refractivity contribution in [3.63, 3.8) is 0 Å². The van der Waals surface area contributed by atoms with Gasteiger partial charge in [0.1, 0.15) is 4.60 Å². The van der Waals surface area contributed by atoms with E-state index < -0.39 is 0 Å². The molecule has 0 amide bonds. The number of fused-ring (bicyclic) bond motifs is 3. The first-order valence-electron chi connectivity index (χ1n) is 4.11. The summed E-state index contributed by atoms with van der Waals surface area (Å²) in [7, 11) is 0. The third-order valence-corrected chi connectivity index (χ3v) is 2.71. The summed E-state index contributed by atoms with van der Waals surface area (Å²) in [6.45, 7) is 0. The highest BCUT2D eigenvalue weighted by Crippen LogP contribution is 2.22. The second-order valence-corrected chi connectivity index (χ2v) is 3.78. The normalized spacial score (nSPS) is 11.2. The average molecular weight is 249 g/mol. The van der Waals surface area contributed by atoms with Crippen LogP contribution in [-0.4, -0.2) is 20.0 Å². The predicted molar refractivity (Wildman–Crippen MR) is 56.0 cm³/mol. The van der Waals surface area contributed by atoms with Gasteiger partial charge in [-0.1, -0.05) is 24.3 Å². The van der Waals surface area contributed by atoms with E-state index in [4.69, 9.17) is 0 Å². The quantitative estimate of drug-likeness (QED) is 0.572. The van der Waals surface area contributed by atoms with Gasteiger partial charge < -0.3 is 0 Å². The molecule has 0 aliphatic rings. The minimum atomic E-state index is 0.773. The van der Waals surface area contributed by atoms with Crippen LogP contribution in [0, 0.1) is 0 Å². The maximum atomic E-state index is 3.98. The number of hydrogen-bond donors (Lipinski definition) is 0. The molecule has 0 fully saturated rings. The van der Waals surface area contributed by atoms with E-state index in [1.807, 2.05) is 30.3 Å². The molecule has 68 valence electrons. The van der Waals surface area contributed by atoms with Crippen molar-refractivity contribution in [1.29, 1.82) is 0 Å². The number of nitrogens with zero attached hydrogens (tertiary/aromatic N) is 4. The molecule has 5 heteroatoms. The molecule has 0 saturated carbocycles. The summed E-state index contributed by atoms with van der Waals surface area (Å²) in [6.07, 6.45) is 0. The summed E-state index contributed by atoms with van der Waals surface area (Å²) >= 11 is 3.42. The van der Waals surface area contributed by atoms with E-state index in [2.05, 4.69) is 31.5 Å². The molecule has 3 rings (SSSR count). The van der Waals surface area contributed by atoms with Gasteiger partial charge in [-0.3, -0.25) is 0 Å². The Balaban J connectivity index is 2.66. The lowest BCUT2D eigenvalue weighted by Crippen LogP contribution is -1.90. The highest BCUT2D eigenvalue weighted by Gasteiger charge is 2.06. The Labute approximate surface area is 87.7 Å². The number of aromatic nitrogens is 4. The number of halogens is 1. The standard InChI is InChI=1S/C9H5BrN4/c10-8-5-6-3-1-2-4-7(6)9-11-12-13-14(8)9/h1-5H. The van der Waals surface area contributed by atoms with Crippen molar-refractivity contribution < 1.29 is 0 Å². The second-order valence-electron chi connectivity index (χ2n) is 2.97. The molecular weight excluding hydrogens is 244 g/mol. The fourth-order valence-electron chi connectivity index (χ4n) is 1.51. The molecule has 0 unspecified atom stereocenters. The molecular formula is C9H5BrN4. The van der Waals surface area contributed by atoms with Gasteiger partial charge in [-0.05, 0) is 37.8 Å². The maximum absolute atomic E-state index is 3.98. The Bertz CT molecular complexity index is 616. The average Bonchev–Trinajstić information content (AvgIpc) is 2.67. The molecule has 4 nitrogen and oxygen atoms in total. The molecule has 1 aromatic carbocycles. The maximum Gasteiger partial charge on any atom is 0.188 e. The van der Waals surface area contributed by atoms with Crippen LogP contribution in [0.15, 0.2) is 34.9 Å². The Morgan fingerprint density at radius 3 is 3.00 bits per heavy atom. The van der Waals surface area contributed by atoms with Crippen molar-refractivity contribution in [3.05, 3.63) is 34.9 Å². The number of pyridine rings is 1. The molecule has 0 atom stereocenters. The van der Waals surface area contributed by atoms with Crippen LogP contribution in [0.5, 0.6) is 0 Å². The first-order chi connectivity index (χ1) is 6.86. The fourth-order valence-corrected chi connectivity index (χ4v) is 2.00. The van der Waals surface area contributed by atoms with Gasteiger partial charge in [0.15, 0.2) is 5.65 Å². The van der Waals surface area contributed by atoms with Crippen LogP contribution >= 0.6 is 15.9 Å². The van der Waals surface area contributed by atoms with Crippen molar-refractivity contribution in [2.24, 2.45) is 0 Å². The highest BCUT2D eigenvalue weighted by molar-refractivity contribution is 9.10. The Kier molecular flexibility index (Phi) is 1.55. The van der Waals surface area contributed by atoms with Crippen LogP contribution in [0.1, 0.15) is 0 Å². The van der Waals surface area contributed by atoms with Gasteiger partial charge in [-0.25, -0.2) is 0 Å². The van der Waals surface area contributed by atoms with Crippen LogP contribution < -0.4 is 0 Å². The lowest BCUT2D eigenvalue weighted by molar-refractivity contribution is 0.813. The van der Waals surface area contributed by atoms with Crippen molar-refractivity contribution in [1.82, 2.24) is 20.0 Å². The highest BCUT2D eigenvalue weighted by atomic mass is 79.9. The Morgan fingerprint density at radius 1 is 1.21 bits per heavy atom. The second kappa shape index (κ2) is 2.75. The summed E-state index contributed by atoms with van der Waals surface area (Å²) in [5.74, 6) is 0. The van der Waals surface area contributed by atoms with E-state index in [-0.39, 0.29) is 0 Å². The Hall–Kier alpha value is -1.49. The monoisotopic (exact) mass is 248 g/mol. The van der Waals surface area contributed by atoms with Gasteiger partial charge in [0, 0.05) is 5.39 Å². The molecule has 0 aliphatic carbocycles. The molecule has 0 saturated heterocycles. The molecule has 3 aromatic rings. The number of benzene rings is 1. The van der Waals surface area contributed by atoms with Gasteiger partial charge in [-0.15, -0.1) is 5.10 Å². The van der Waals surface area contributed by atoms with Crippen LogP contribution in [0.4, 0.5) is 0 Å². The molecule has 0 N–H and O–H groups in total. The summed E-state index contributed by atoms with van der Waals surface area (Å²) in [5.41, 5.74) is 0.773. The zero-order chi connectivity index (χ0) is 9.54. The van der Waals surface area contributed by atoms with Crippen LogP contribution in [0.3, 0.4) is 0 Å². The van der Waals surface area contributed by atoms with Crippen molar-refractivity contribution in [2.75, 3.05) is 0 Å². The van der Waals surface area contributed by atoms with E-state index in [0.717, 1.165) is 21.0 Å². The van der Waals surface area contributed by atoms with E-state index in [1.54, 1.807) is 4.52 Å². The van der Waals surface area contributed by atoms with Gasteiger partial charge >= 0.3 is 0 Å². The molecule has 0 radical (unpaired) electrons. The third kappa shape index (κ3) is 0.957. The lowest BCUT2D eigenvalue weighted by atomic mass is 10.2. The molecule has 0 aliphatic heterocycles. The zero-order valence-electron chi connectivity index (χ0n) is 7.05. The van der Waals surface area contributed by atoms with Gasteiger partial charge in [0.05, 0.1) is 0 Å². The third-order valence-electron chi connectivity index (χ3n) is 2.15. The molecule has 2 aromatic heterocycles. The van der Waals surface area contributed by atoms with Gasteiger partial charge in [-0.2, -0.15) is 4.52 Å². The van der Waals surface area contributed by atoms with Crippen LogP contribution in [0.25, 0.3) is 16.4 Å². The van der Waals surface area contributed by atoms with Crippen molar-refractivity contribution >= 4 is 32.3 Å². The number of rotatable bonds is 0. The molecule has 0 spiro atoms. The van der Waals surface area contributed by atoms with E-state index in [1.165, 1.54) is 0 Å². The first-order valence-corrected chi connectivity index (χ1v) is 4.91. The minimum Gasteiger partial charge on any atom is -0.186 e.